The second-order valence-corrected chi connectivity index (χ2v) is 9.97. The Morgan fingerprint density at radius 1 is 1.00 bits per heavy atom. The molecule has 1 aliphatic rings. The van der Waals surface area contributed by atoms with E-state index in [2.05, 4.69) is 27.2 Å². The Morgan fingerprint density at radius 2 is 1.80 bits per heavy atom. The first kappa shape index (κ1) is 23.4. The van der Waals surface area contributed by atoms with Crippen LogP contribution in [-0.2, 0) is 17.8 Å². The monoisotopic (exact) mass is 490 g/mol. The second-order valence-electron chi connectivity index (χ2n) is 8.80. The second kappa shape index (κ2) is 10.5. The molecular formula is C27H27FN4O2S. The Labute approximate surface area is 208 Å². The van der Waals surface area contributed by atoms with Crippen molar-refractivity contribution in [1.82, 2.24) is 20.0 Å². The van der Waals surface area contributed by atoms with Crippen molar-refractivity contribution in [2.24, 2.45) is 0 Å². The van der Waals surface area contributed by atoms with Gasteiger partial charge in [0.25, 0.3) is 0 Å². The van der Waals surface area contributed by atoms with Crippen LogP contribution in [0.2, 0.25) is 0 Å². The van der Waals surface area contributed by atoms with E-state index in [0.717, 1.165) is 35.6 Å². The third-order valence-corrected chi connectivity index (χ3v) is 7.31. The third-order valence-electron chi connectivity index (χ3n) is 6.19. The lowest BCUT2D eigenvalue weighted by Crippen LogP contribution is -2.48. The lowest BCUT2D eigenvalue weighted by Gasteiger charge is -2.34. The fourth-order valence-corrected chi connectivity index (χ4v) is 5.22. The van der Waals surface area contributed by atoms with Crippen LogP contribution in [0.15, 0.2) is 65.1 Å². The standard InChI is InChI=1S/C27H27FN4O2S/c1-19-5-7-20(8-6-19)27-30-29-25(34-27)11-12-26(33)32-15-13-31(14-16-32)18-23-9-10-24(35-23)21-3-2-4-22(28)17-21/h2-10,17H,11-16,18H2,1H3. The summed E-state index contributed by atoms with van der Waals surface area (Å²) in [4.78, 5) is 19.3. The van der Waals surface area contributed by atoms with Crippen LogP contribution in [0.25, 0.3) is 21.9 Å². The summed E-state index contributed by atoms with van der Waals surface area (Å²) in [5, 5.41) is 8.22. The van der Waals surface area contributed by atoms with E-state index in [1.165, 1.54) is 16.5 Å². The Balaban J connectivity index is 1.08. The van der Waals surface area contributed by atoms with Crippen LogP contribution in [0.5, 0.6) is 0 Å². The first-order valence-corrected chi connectivity index (χ1v) is 12.6. The maximum atomic E-state index is 13.5. The van der Waals surface area contributed by atoms with Crippen molar-refractivity contribution < 1.29 is 13.6 Å². The van der Waals surface area contributed by atoms with Gasteiger partial charge in [-0.05, 0) is 48.9 Å². The van der Waals surface area contributed by atoms with E-state index in [0.29, 0.717) is 37.7 Å². The molecule has 1 aliphatic heterocycles. The van der Waals surface area contributed by atoms with Gasteiger partial charge in [0.2, 0.25) is 17.7 Å². The van der Waals surface area contributed by atoms with E-state index < -0.39 is 0 Å². The number of benzene rings is 2. The van der Waals surface area contributed by atoms with Gasteiger partial charge in [0.1, 0.15) is 5.82 Å². The normalized spacial score (nSPS) is 14.4. The molecule has 3 heterocycles. The molecule has 4 aromatic rings. The summed E-state index contributed by atoms with van der Waals surface area (Å²) in [6.45, 7) is 5.94. The molecule has 0 aliphatic carbocycles. The largest absolute Gasteiger partial charge is 0.421 e. The Morgan fingerprint density at radius 3 is 2.57 bits per heavy atom. The first-order chi connectivity index (χ1) is 17.0. The maximum absolute atomic E-state index is 13.5. The highest BCUT2D eigenvalue weighted by Gasteiger charge is 2.22. The number of hydrogen-bond donors (Lipinski definition) is 0. The number of amides is 1. The molecule has 180 valence electrons. The molecule has 0 bridgehead atoms. The average Bonchev–Trinajstić information content (AvgIpc) is 3.54. The number of rotatable bonds is 7. The summed E-state index contributed by atoms with van der Waals surface area (Å²) in [5.74, 6) is 0.864. The number of halogens is 1. The molecule has 5 rings (SSSR count). The summed E-state index contributed by atoms with van der Waals surface area (Å²) < 4.78 is 19.3. The smallest absolute Gasteiger partial charge is 0.247 e. The van der Waals surface area contributed by atoms with Gasteiger partial charge >= 0.3 is 0 Å². The first-order valence-electron chi connectivity index (χ1n) is 11.8. The number of carbonyl (C=O) groups excluding carboxylic acids is 1. The summed E-state index contributed by atoms with van der Waals surface area (Å²) in [6, 6.07) is 18.8. The van der Waals surface area contributed by atoms with Crippen molar-refractivity contribution in [1.29, 1.82) is 0 Å². The number of carbonyl (C=O) groups is 1. The van der Waals surface area contributed by atoms with Crippen molar-refractivity contribution in [3.05, 3.63) is 82.8 Å². The number of aromatic nitrogens is 2. The SMILES string of the molecule is Cc1ccc(-c2nnc(CCC(=O)N3CCN(Cc4ccc(-c5cccc(F)c5)s4)CC3)o2)cc1. The van der Waals surface area contributed by atoms with Crippen LogP contribution < -0.4 is 0 Å². The van der Waals surface area contributed by atoms with E-state index in [4.69, 9.17) is 4.42 Å². The van der Waals surface area contributed by atoms with Gasteiger partial charge in [-0.25, -0.2) is 4.39 Å². The van der Waals surface area contributed by atoms with Gasteiger partial charge in [0.15, 0.2) is 0 Å². The lowest BCUT2D eigenvalue weighted by atomic mass is 10.1. The quantitative estimate of drug-likeness (QED) is 0.357. The summed E-state index contributed by atoms with van der Waals surface area (Å²) in [6.07, 6.45) is 0.799. The highest BCUT2D eigenvalue weighted by Crippen LogP contribution is 2.29. The minimum absolute atomic E-state index is 0.115. The van der Waals surface area contributed by atoms with Gasteiger partial charge < -0.3 is 9.32 Å². The number of aryl methyl sites for hydroxylation is 2. The van der Waals surface area contributed by atoms with Crippen LogP contribution in [0.4, 0.5) is 4.39 Å². The van der Waals surface area contributed by atoms with Gasteiger partial charge in [-0.2, -0.15) is 0 Å². The van der Waals surface area contributed by atoms with Crippen LogP contribution >= 0.6 is 11.3 Å². The molecule has 6 nitrogen and oxygen atoms in total. The minimum atomic E-state index is -0.218. The highest BCUT2D eigenvalue weighted by molar-refractivity contribution is 7.15. The molecule has 8 heteroatoms. The van der Waals surface area contributed by atoms with E-state index in [1.54, 1.807) is 23.5 Å². The molecule has 0 unspecified atom stereocenters. The fourth-order valence-electron chi connectivity index (χ4n) is 4.17. The Bertz CT molecular complexity index is 1290. The van der Waals surface area contributed by atoms with Gasteiger partial charge in [0, 0.05) is 60.9 Å². The van der Waals surface area contributed by atoms with Gasteiger partial charge in [-0.1, -0.05) is 29.8 Å². The number of nitrogens with zero attached hydrogens (tertiary/aromatic N) is 4. The molecule has 1 saturated heterocycles. The van der Waals surface area contributed by atoms with Crippen molar-refractivity contribution in [2.75, 3.05) is 26.2 Å². The molecule has 1 amide bonds. The van der Waals surface area contributed by atoms with E-state index in [9.17, 15) is 9.18 Å². The van der Waals surface area contributed by atoms with Gasteiger partial charge in [-0.15, -0.1) is 21.5 Å². The van der Waals surface area contributed by atoms with Crippen LogP contribution in [-0.4, -0.2) is 52.1 Å². The number of thiophene rings is 1. The molecule has 2 aromatic heterocycles. The van der Waals surface area contributed by atoms with Crippen molar-refractivity contribution in [3.63, 3.8) is 0 Å². The average molecular weight is 491 g/mol. The predicted molar refractivity (Wildman–Crippen MR) is 134 cm³/mol. The summed E-state index contributed by atoms with van der Waals surface area (Å²) >= 11 is 1.69. The Hall–Kier alpha value is -3.36. The molecule has 0 saturated carbocycles. The van der Waals surface area contributed by atoms with E-state index in [1.807, 2.05) is 42.2 Å². The molecule has 0 N–H and O–H groups in total. The Kier molecular flexibility index (Phi) is 7.01. The molecule has 0 spiro atoms. The van der Waals surface area contributed by atoms with Crippen molar-refractivity contribution in [3.8, 4) is 21.9 Å². The highest BCUT2D eigenvalue weighted by atomic mass is 32.1. The van der Waals surface area contributed by atoms with Gasteiger partial charge in [0.05, 0.1) is 0 Å². The molecule has 1 fully saturated rings. The maximum Gasteiger partial charge on any atom is 0.247 e. The third kappa shape index (κ3) is 5.83. The molecule has 35 heavy (non-hydrogen) atoms. The predicted octanol–water partition coefficient (Wildman–Crippen LogP) is 5.19. The van der Waals surface area contributed by atoms with Gasteiger partial charge in [-0.3, -0.25) is 9.69 Å². The number of piperazine rings is 1. The van der Waals surface area contributed by atoms with Crippen molar-refractivity contribution >= 4 is 17.2 Å². The molecular weight excluding hydrogens is 463 g/mol. The fraction of sp³-hybridized carbons (Fsp3) is 0.296. The zero-order valence-corrected chi connectivity index (χ0v) is 20.4. The van der Waals surface area contributed by atoms with E-state index >= 15 is 0 Å². The lowest BCUT2D eigenvalue weighted by molar-refractivity contribution is -0.133. The zero-order chi connectivity index (χ0) is 24.2. The molecule has 2 aromatic carbocycles. The number of hydrogen-bond acceptors (Lipinski definition) is 6. The summed E-state index contributed by atoms with van der Waals surface area (Å²) in [5.41, 5.74) is 2.96. The van der Waals surface area contributed by atoms with Crippen LogP contribution in [0.3, 0.4) is 0 Å². The topological polar surface area (TPSA) is 62.5 Å². The summed E-state index contributed by atoms with van der Waals surface area (Å²) in [7, 11) is 0. The van der Waals surface area contributed by atoms with Crippen molar-refractivity contribution in [2.45, 2.75) is 26.3 Å². The minimum Gasteiger partial charge on any atom is -0.421 e. The van der Waals surface area contributed by atoms with Crippen LogP contribution in [0.1, 0.15) is 22.8 Å². The van der Waals surface area contributed by atoms with Crippen LogP contribution in [0, 0.1) is 12.7 Å². The van der Waals surface area contributed by atoms with E-state index in [-0.39, 0.29) is 11.7 Å². The zero-order valence-electron chi connectivity index (χ0n) is 19.6. The molecule has 0 radical (unpaired) electrons. The molecule has 0 atom stereocenters.